The Balaban J connectivity index is 1.51. The van der Waals surface area contributed by atoms with Crippen LogP contribution in [0.4, 0.5) is 5.69 Å². The molecular weight excluding hydrogens is 384 g/mol. The van der Waals surface area contributed by atoms with Crippen LogP contribution >= 0.6 is 11.6 Å². The molecule has 0 radical (unpaired) electrons. The molecule has 0 aliphatic carbocycles. The molecule has 142 valence electrons. The van der Waals surface area contributed by atoms with Crippen molar-refractivity contribution in [3.8, 4) is 0 Å². The van der Waals surface area contributed by atoms with Crippen LogP contribution in [-0.2, 0) is 11.3 Å². The zero-order valence-electron chi connectivity index (χ0n) is 14.8. The third kappa shape index (κ3) is 3.44. The molecule has 2 aromatic heterocycles. The molecular formula is C20H15ClN2O5. The van der Waals surface area contributed by atoms with Crippen LogP contribution in [0.25, 0.3) is 22.1 Å². The van der Waals surface area contributed by atoms with Crippen LogP contribution < -0.4 is 16.7 Å². The van der Waals surface area contributed by atoms with E-state index in [-0.39, 0.29) is 18.9 Å². The molecule has 0 bridgehead atoms. The van der Waals surface area contributed by atoms with E-state index >= 15 is 0 Å². The van der Waals surface area contributed by atoms with Crippen molar-refractivity contribution in [2.24, 2.45) is 0 Å². The summed E-state index contributed by atoms with van der Waals surface area (Å²) < 4.78 is 11.7. The van der Waals surface area contributed by atoms with Crippen LogP contribution in [0.5, 0.6) is 0 Å². The van der Waals surface area contributed by atoms with Crippen LogP contribution in [0.3, 0.4) is 0 Å². The molecule has 0 aliphatic rings. The predicted octanol–water partition coefficient (Wildman–Crippen LogP) is 3.69. The van der Waals surface area contributed by atoms with E-state index in [2.05, 4.69) is 5.32 Å². The Labute approximate surface area is 163 Å². The maximum atomic E-state index is 12.3. The van der Waals surface area contributed by atoms with Crippen LogP contribution in [0.1, 0.15) is 12.0 Å². The summed E-state index contributed by atoms with van der Waals surface area (Å²) in [6.45, 7) is 1.97. The molecule has 0 saturated carbocycles. The molecule has 0 aliphatic heterocycles. The fraction of sp³-hybridized carbons (Fsp3) is 0.150. The fourth-order valence-corrected chi connectivity index (χ4v) is 3.25. The van der Waals surface area contributed by atoms with Crippen LogP contribution in [0.2, 0.25) is 5.02 Å². The number of carbonyl (C=O) groups excluding carboxylic acids is 1. The number of halogens is 1. The van der Waals surface area contributed by atoms with Gasteiger partial charge in [-0.2, -0.15) is 0 Å². The van der Waals surface area contributed by atoms with Gasteiger partial charge in [0.1, 0.15) is 5.58 Å². The lowest BCUT2D eigenvalue weighted by Crippen LogP contribution is -2.19. The van der Waals surface area contributed by atoms with Crippen molar-refractivity contribution in [2.45, 2.75) is 19.9 Å². The highest BCUT2D eigenvalue weighted by atomic mass is 35.5. The van der Waals surface area contributed by atoms with Crippen molar-refractivity contribution in [2.75, 3.05) is 5.32 Å². The van der Waals surface area contributed by atoms with Gasteiger partial charge in [-0.25, -0.2) is 9.59 Å². The molecule has 1 N–H and O–H groups in total. The summed E-state index contributed by atoms with van der Waals surface area (Å²) in [6, 6.07) is 11.4. The van der Waals surface area contributed by atoms with E-state index in [1.54, 1.807) is 36.4 Å². The Bertz CT molecular complexity index is 1330. The number of oxazole rings is 1. The molecule has 4 rings (SSSR count). The van der Waals surface area contributed by atoms with E-state index in [4.69, 9.17) is 20.4 Å². The largest absolute Gasteiger partial charge is 0.423 e. The van der Waals surface area contributed by atoms with Crippen molar-refractivity contribution in [3.05, 3.63) is 74.0 Å². The zero-order chi connectivity index (χ0) is 19.8. The van der Waals surface area contributed by atoms with Gasteiger partial charge in [-0.1, -0.05) is 11.6 Å². The number of aryl methyl sites for hydroxylation is 2. The molecule has 0 saturated heterocycles. The minimum absolute atomic E-state index is 0.0625. The summed E-state index contributed by atoms with van der Waals surface area (Å²) in [5.41, 5.74) is 2.21. The van der Waals surface area contributed by atoms with Crippen molar-refractivity contribution in [1.29, 1.82) is 0 Å². The van der Waals surface area contributed by atoms with E-state index in [9.17, 15) is 14.4 Å². The average Bonchev–Trinajstić information content (AvgIpc) is 2.93. The number of hydrogen-bond donors (Lipinski definition) is 1. The first-order chi connectivity index (χ1) is 13.4. The Morgan fingerprint density at radius 3 is 2.71 bits per heavy atom. The second-order valence-corrected chi connectivity index (χ2v) is 6.83. The summed E-state index contributed by atoms with van der Waals surface area (Å²) in [6.07, 6.45) is 0.0625. The Morgan fingerprint density at radius 2 is 1.89 bits per heavy atom. The van der Waals surface area contributed by atoms with E-state index < -0.39 is 11.4 Å². The third-order valence-corrected chi connectivity index (χ3v) is 4.66. The van der Waals surface area contributed by atoms with Crippen molar-refractivity contribution in [3.63, 3.8) is 0 Å². The highest BCUT2D eigenvalue weighted by Gasteiger charge is 2.12. The number of nitrogens with one attached hydrogen (secondary N) is 1. The van der Waals surface area contributed by atoms with Gasteiger partial charge in [0.2, 0.25) is 5.91 Å². The molecule has 0 fully saturated rings. The first-order valence-corrected chi connectivity index (χ1v) is 8.92. The van der Waals surface area contributed by atoms with E-state index in [0.717, 1.165) is 10.9 Å². The molecule has 2 heterocycles. The number of amides is 1. The fourth-order valence-electron chi connectivity index (χ4n) is 3.09. The smallest absolute Gasteiger partial charge is 0.419 e. The summed E-state index contributed by atoms with van der Waals surface area (Å²) >= 11 is 5.90. The monoisotopic (exact) mass is 398 g/mol. The molecule has 2 aromatic carbocycles. The normalized spacial score (nSPS) is 11.2. The first kappa shape index (κ1) is 18.1. The Hall–Kier alpha value is -3.32. The second kappa shape index (κ2) is 7.01. The van der Waals surface area contributed by atoms with Gasteiger partial charge in [0, 0.05) is 47.3 Å². The lowest BCUT2D eigenvalue weighted by molar-refractivity contribution is -0.116. The standard InChI is InChI=1S/C20H15ClN2O5/c1-11-8-19(25)27-16-10-13(3-4-14(11)16)22-18(24)6-7-23-15-5-2-12(21)9-17(15)28-20(23)26/h2-5,8-10H,6-7H2,1H3,(H,22,24). The van der Waals surface area contributed by atoms with Gasteiger partial charge < -0.3 is 14.2 Å². The number of nitrogens with zero attached hydrogens (tertiary/aromatic N) is 1. The number of aromatic nitrogens is 1. The minimum Gasteiger partial charge on any atom is -0.423 e. The van der Waals surface area contributed by atoms with Gasteiger partial charge in [0.15, 0.2) is 5.58 Å². The number of fused-ring (bicyclic) bond motifs is 2. The quantitative estimate of drug-likeness (QED) is 0.529. The average molecular weight is 399 g/mol. The van der Waals surface area contributed by atoms with Gasteiger partial charge in [-0.05, 0) is 36.8 Å². The van der Waals surface area contributed by atoms with Crippen molar-refractivity contribution < 1.29 is 13.6 Å². The number of rotatable bonds is 4. The van der Waals surface area contributed by atoms with Crippen LogP contribution in [0, 0.1) is 6.92 Å². The maximum absolute atomic E-state index is 12.3. The van der Waals surface area contributed by atoms with E-state index in [1.807, 2.05) is 6.92 Å². The lowest BCUT2D eigenvalue weighted by atomic mass is 10.1. The summed E-state index contributed by atoms with van der Waals surface area (Å²) in [4.78, 5) is 35.8. The first-order valence-electron chi connectivity index (χ1n) is 8.54. The summed E-state index contributed by atoms with van der Waals surface area (Å²) in [7, 11) is 0. The lowest BCUT2D eigenvalue weighted by Gasteiger charge is -2.07. The maximum Gasteiger partial charge on any atom is 0.419 e. The van der Waals surface area contributed by atoms with Gasteiger partial charge in [0.25, 0.3) is 0 Å². The van der Waals surface area contributed by atoms with Crippen molar-refractivity contribution in [1.82, 2.24) is 4.57 Å². The number of benzene rings is 2. The third-order valence-electron chi connectivity index (χ3n) is 4.43. The number of anilines is 1. The van der Waals surface area contributed by atoms with Gasteiger partial charge in [-0.15, -0.1) is 0 Å². The highest BCUT2D eigenvalue weighted by molar-refractivity contribution is 6.31. The van der Waals surface area contributed by atoms with Gasteiger partial charge >= 0.3 is 11.4 Å². The van der Waals surface area contributed by atoms with Gasteiger partial charge in [0.05, 0.1) is 5.52 Å². The van der Waals surface area contributed by atoms with E-state index in [0.29, 0.717) is 27.4 Å². The second-order valence-electron chi connectivity index (χ2n) is 6.39. The Morgan fingerprint density at radius 1 is 1.07 bits per heavy atom. The minimum atomic E-state index is -0.548. The predicted molar refractivity (Wildman–Crippen MR) is 106 cm³/mol. The molecule has 1 amide bonds. The topological polar surface area (TPSA) is 94.5 Å². The highest BCUT2D eigenvalue weighted by Crippen LogP contribution is 2.21. The van der Waals surface area contributed by atoms with Crippen molar-refractivity contribution >= 4 is 45.3 Å². The Kier molecular flexibility index (Phi) is 4.52. The zero-order valence-corrected chi connectivity index (χ0v) is 15.6. The molecule has 0 atom stereocenters. The van der Waals surface area contributed by atoms with Crippen LogP contribution in [0.15, 0.2) is 60.9 Å². The van der Waals surface area contributed by atoms with E-state index in [1.165, 1.54) is 10.6 Å². The molecule has 7 nitrogen and oxygen atoms in total. The van der Waals surface area contributed by atoms with Crippen LogP contribution in [-0.4, -0.2) is 10.5 Å². The molecule has 4 aromatic rings. The molecule has 0 unspecified atom stereocenters. The number of carbonyl (C=O) groups is 1. The molecule has 28 heavy (non-hydrogen) atoms. The summed E-state index contributed by atoms with van der Waals surface area (Å²) in [5, 5.41) is 4.01. The van der Waals surface area contributed by atoms with Gasteiger partial charge in [-0.3, -0.25) is 9.36 Å². The summed E-state index contributed by atoms with van der Waals surface area (Å²) in [5.74, 6) is -0.836. The molecule has 8 heteroatoms. The SMILES string of the molecule is Cc1cc(=O)oc2cc(NC(=O)CCn3c(=O)oc4cc(Cl)ccc43)ccc12. The number of hydrogen-bond acceptors (Lipinski definition) is 5. The molecule has 0 spiro atoms.